The lowest BCUT2D eigenvalue weighted by atomic mass is 10.0. The molecule has 0 aromatic heterocycles. The van der Waals surface area contributed by atoms with E-state index in [-0.39, 0.29) is 146 Å². The summed E-state index contributed by atoms with van der Waals surface area (Å²) in [6.45, 7) is 2.02. The van der Waals surface area contributed by atoms with Gasteiger partial charge in [0.2, 0.25) is 29.5 Å². The molecule has 24 nitrogen and oxygen atoms in total. The summed E-state index contributed by atoms with van der Waals surface area (Å²) in [4.78, 5) is 110. The number of primary amides is 1. The second-order valence-electron chi connectivity index (χ2n) is 15.7. The molecule has 0 bridgehead atoms. The predicted octanol–water partition coefficient (Wildman–Crippen LogP) is -3.32. The van der Waals surface area contributed by atoms with Gasteiger partial charge in [-0.3, -0.25) is 49.0 Å². The number of nitrogens with one attached hydrogen (secondary N) is 7. The summed E-state index contributed by atoms with van der Waals surface area (Å²) in [5, 5.41) is 37.9. The van der Waals surface area contributed by atoms with Crippen molar-refractivity contribution in [1.82, 2.24) is 37.2 Å². The standard InChI is InChI=1S/C43H69N9O15S2/c1-28(53)52-33(43(62)63)9-10-39(58)47-12-14-64-16-19-67-25-41(60)48-13-15-65-17-18-66-24-40(59)46-11-3-2-4-32(49-23-38(57)35-27-69-68-26-31(44)36(55)21-51-35)37(56)22-50-34(42(45)61)20-29-5-7-30(54)8-6-29/h5-8,31-35,49-51,54H,2-4,9-27,44H2,1H3,(H2,45,61)(H,46,59)(H,47,58)(H,48,60)(H,52,53)(H,62,63)/t31-,32-,33?,34-,35-/m0/s1. The van der Waals surface area contributed by atoms with Crippen molar-refractivity contribution in [2.45, 2.75) is 75.7 Å². The lowest BCUT2D eigenvalue weighted by Gasteiger charge is -2.22. The first kappa shape index (κ1) is 60.4. The van der Waals surface area contributed by atoms with Gasteiger partial charge in [-0.15, -0.1) is 0 Å². The molecule has 0 saturated carbocycles. The molecule has 1 aromatic carbocycles. The average molecular weight is 1020 g/mol. The molecule has 0 radical (unpaired) electrons. The van der Waals surface area contributed by atoms with E-state index in [0.717, 1.165) is 5.56 Å². The van der Waals surface area contributed by atoms with Crippen LogP contribution in [0.15, 0.2) is 24.3 Å². The van der Waals surface area contributed by atoms with E-state index in [9.17, 15) is 48.3 Å². The molecule has 1 fully saturated rings. The lowest BCUT2D eigenvalue weighted by Crippen LogP contribution is -2.51. The van der Waals surface area contributed by atoms with Crippen LogP contribution in [0.5, 0.6) is 5.75 Å². The second kappa shape index (κ2) is 36.2. The predicted molar refractivity (Wildman–Crippen MR) is 255 cm³/mol. The molecule has 388 valence electrons. The van der Waals surface area contributed by atoms with Gasteiger partial charge in [0.1, 0.15) is 25.0 Å². The zero-order valence-corrected chi connectivity index (χ0v) is 40.6. The summed E-state index contributed by atoms with van der Waals surface area (Å²) in [6, 6.07) is 2.16. The Balaban J connectivity index is 1.60. The zero-order chi connectivity index (χ0) is 50.8. The highest BCUT2D eigenvalue weighted by molar-refractivity contribution is 8.76. The van der Waals surface area contributed by atoms with E-state index in [1.165, 1.54) is 40.6 Å². The van der Waals surface area contributed by atoms with Gasteiger partial charge in [0.15, 0.2) is 17.3 Å². The van der Waals surface area contributed by atoms with Crippen LogP contribution in [0, 0.1) is 0 Å². The molecule has 1 aliphatic rings. The van der Waals surface area contributed by atoms with Crippen LogP contribution in [0.4, 0.5) is 0 Å². The van der Waals surface area contributed by atoms with Crippen molar-refractivity contribution in [2.24, 2.45) is 11.5 Å². The van der Waals surface area contributed by atoms with Gasteiger partial charge in [-0.25, -0.2) is 4.79 Å². The van der Waals surface area contributed by atoms with Gasteiger partial charge < -0.3 is 67.2 Å². The molecule has 13 N–H and O–H groups in total. The van der Waals surface area contributed by atoms with Crippen molar-refractivity contribution in [3.63, 3.8) is 0 Å². The van der Waals surface area contributed by atoms with Crippen LogP contribution in [0.3, 0.4) is 0 Å². The van der Waals surface area contributed by atoms with Crippen LogP contribution in [-0.2, 0) is 68.5 Å². The van der Waals surface area contributed by atoms with E-state index in [4.69, 9.17) is 35.5 Å². The fraction of sp³-hybridized carbons (Fsp3) is 0.651. The Bertz CT molecular complexity index is 1780. The Hall–Kier alpha value is -4.77. The second-order valence-corrected chi connectivity index (χ2v) is 18.2. The molecule has 5 amide bonds. The number of rotatable bonds is 37. The fourth-order valence-corrected chi connectivity index (χ4v) is 8.52. The number of aliphatic carboxylic acids is 1. The normalized spacial score (nSPS) is 16.4. The number of hydrogen-bond donors (Lipinski definition) is 11. The van der Waals surface area contributed by atoms with Gasteiger partial charge in [-0.2, -0.15) is 0 Å². The van der Waals surface area contributed by atoms with Gasteiger partial charge in [0, 0.05) is 44.5 Å². The molecule has 69 heavy (non-hydrogen) atoms. The SMILES string of the molecule is CC(=O)NC(CCC(=O)NCCOCCOCC(=O)NCCOCCOCC(=O)NCCCC[C@H](NCC(=O)[C@@H]1CSSC[C@H](N)C(=O)CN1)C(=O)CN[C@@H](Cc1ccc(O)cc1)C(N)=O)C(=O)O. The number of carbonyl (C=O) groups is 9. The molecule has 0 spiro atoms. The van der Waals surface area contributed by atoms with Crippen LogP contribution in [-0.4, -0.2) is 197 Å². The van der Waals surface area contributed by atoms with Crippen molar-refractivity contribution in [3.05, 3.63) is 29.8 Å². The highest BCUT2D eigenvalue weighted by Crippen LogP contribution is 2.24. The first-order valence-electron chi connectivity index (χ1n) is 22.5. The Kier molecular flexibility index (Phi) is 31.7. The van der Waals surface area contributed by atoms with E-state index >= 15 is 0 Å². The number of nitrogens with two attached hydrogens (primary N) is 2. The third-order valence-electron chi connectivity index (χ3n) is 9.97. The number of amides is 5. The van der Waals surface area contributed by atoms with Crippen molar-refractivity contribution >= 4 is 74.4 Å². The average Bonchev–Trinajstić information content (AvgIpc) is 3.38. The summed E-state index contributed by atoms with van der Waals surface area (Å²) in [7, 11) is 2.85. The molecule has 2 rings (SSSR count). The Morgan fingerprint density at radius 3 is 1.93 bits per heavy atom. The third kappa shape index (κ3) is 29.1. The van der Waals surface area contributed by atoms with E-state index in [0.29, 0.717) is 37.3 Å². The quantitative estimate of drug-likeness (QED) is 0.0229. The number of ether oxygens (including phenoxy) is 4. The summed E-state index contributed by atoms with van der Waals surface area (Å²) in [6.07, 6.45) is 1.35. The molecule has 26 heteroatoms. The molecular weight excluding hydrogens is 947 g/mol. The number of phenols is 1. The first-order valence-corrected chi connectivity index (χ1v) is 25.0. The van der Waals surface area contributed by atoms with E-state index in [1.54, 1.807) is 12.1 Å². The first-order chi connectivity index (χ1) is 33.0. The largest absolute Gasteiger partial charge is 0.508 e. The Morgan fingerprint density at radius 1 is 0.739 bits per heavy atom. The number of aromatic hydroxyl groups is 1. The Morgan fingerprint density at radius 2 is 1.32 bits per heavy atom. The maximum atomic E-state index is 13.5. The smallest absolute Gasteiger partial charge is 0.326 e. The molecule has 1 aliphatic heterocycles. The summed E-state index contributed by atoms with van der Waals surface area (Å²) in [5.74, 6) is -3.34. The van der Waals surface area contributed by atoms with E-state index in [1.807, 2.05) is 0 Å². The van der Waals surface area contributed by atoms with Gasteiger partial charge in [0.05, 0.1) is 83.4 Å². The minimum Gasteiger partial charge on any atom is -0.508 e. The van der Waals surface area contributed by atoms with Crippen molar-refractivity contribution in [1.29, 1.82) is 0 Å². The topological polar surface area (TPSA) is 367 Å². The monoisotopic (exact) mass is 1020 g/mol. The molecule has 0 aliphatic carbocycles. The van der Waals surface area contributed by atoms with Gasteiger partial charge in [-0.1, -0.05) is 33.7 Å². The molecule has 5 atom stereocenters. The molecule has 1 heterocycles. The molecule has 1 unspecified atom stereocenters. The number of Topliss-reactive ketones (excluding diaryl/α,β-unsaturated/α-hetero) is 3. The number of carboxylic acid groups (broad SMARTS) is 1. The van der Waals surface area contributed by atoms with E-state index < -0.39 is 48.0 Å². The highest BCUT2D eigenvalue weighted by Gasteiger charge is 2.27. The minimum atomic E-state index is -1.22. The minimum absolute atomic E-state index is 0.0478. The van der Waals surface area contributed by atoms with Crippen molar-refractivity contribution in [2.75, 3.05) is 104 Å². The number of hydrogen-bond acceptors (Lipinski definition) is 20. The van der Waals surface area contributed by atoms with Gasteiger partial charge in [-0.05, 0) is 49.8 Å². The zero-order valence-electron chi connectivity index (χ0n) is 38.9. The van der Waals surface area contributed by atoms with Crippen molar-refractivity contribution in [3.8, 4) is 5.75 Å². The summed E-state index contributed by atoms with van der Waals surface area (Å²) in [5.41, 5.74) is 12.2. The maximum absolute atomic E-state index is 13.5. The third-order valence-corrected chi connectivity index (χ3v) is 12.4. The molecule has 1 aromatic rings. The van der Waals surface area contributed by atoms with Crippen LogP contribution in [0.1, 0.15) is 44.6 Å². The van der Waals surface area contributed by atoms with Gasteiger partial charge in [0.25, 0.3) is 0 Å². The fourth-order valence-electron chi connectivity index (χ4n) is 6.13. The van der Waals surface area contributed by atoms with Crippen LogP contribution >= 0.6 is 21.6 Å². The highest BCUT2D eigenvalue weighted by atomic mass is 33.1. The molecular formula is C43H69N9O15S2. The number of benzene rings is 1. The van der Waals surface area contributed by atoms with Crippen LogP contribution in [0.25, 0.3) is 0 Å². The summed E-state index contributed by atoms with van der Waals surface area (Å²) >= 11 is 0. The molecule has 1 saturated heterocycles. The van der Waals surface area contributed by atoms with Gasteiger partial charge >= 0.3 is 5.97 Å². The lowest BCUT2D eigenvalue weighted by molar-refractivity contribution is -0.142. The summed E-state index contributed by atoms with van der Waals surface area (Å²) < 4.78 is 21.4. The van der Waals surface area contributed by atoms with Crippen LogP contribution < -0.4 is 48.7 Å². The van der Waals surface area contributed by atoms with E-state index in [2.05, 4.69) is 37.2 Å². The van der Waals surface area contributed by atoms with Crippen LogP contribution in [0.2, 0.25) is 0 Å². The number of carboxylic acids is 1. The Labute approximate surface area is 409 Å². The number of carbonyl (C=O) groups excluding carboxylic acids is 8. The maximum Gasteiger partial charge on any atom is 0.326 e. The number of unbranched alkanes of at least 4 members (excludes halogenated alkanes) is 1. The van der Waals surface area contributed by atoms with Crippen molar-refractivity contribution < 1.29 is 72.3 Å². The number of phenolic OH excluding ortho intramolecular Hbond substituents is 1. The number of ketones is 3.